The number of carbonyl (C=O) groups is 1. The number of hydrogen-bond acceptors (Lipinski definition) is 4. The zero-order chi connectivity index (χ0) is 13.0. The van der Waals surface area contributed by atoms with Crippen LogP contribution in [0.5, 0.6) is 0 Å². The Bertz CT molecular complexity index is 753. The molecule has 1 aromatic carbocycles. The number of aromatic amines is 1. The van der Waals surface area contributed by atoms with Crippen LogP contribution in [0.4, 0.5) is 0 Å². The van der Waals surface area contributed by atoms with Crippen molar-refractivity contribution in [2.24, 2.45) is 0 Å². The highest BCUT2D eigenvalue weighted by atomic mass is 35.5. The molecular formula is C11H5Cl2NO4. The number of fused-ring (bicyclic) bond motifs is 3. The van der Waals surface area contributed by atoms with E-state index < -0.39 is 17.8 Å². The van der Waals surface area contributed by atoms with Crippen LogP contribution in [0.1, 0.15) is 22.2 Å². The molecule has 2 heterocycles. The first-order valence-electron chi connectivity index (χ1n) is 4.93. The molecule has 0 aliphatic carbocycles. The average Bonchev–Trinajstić information content (AvgIpc) is 2.61. The van der Waals surface area contributed by atoms with Gasteiger partial charge in [-0.1, -0.05) is 23.2 Å². The highest BCUT2D eigenvalue weighted by Gasteiger charge is 2.35. The van der Waals surface area contributed by atoms with Crippen molar-refractivity contribution in [2.75, 3.05) is 0 Å². The van der Waals surface area contributed by atoms with E-state index in [0.29, 0.717) is 10.9 Å². The Morgan fingerprint density at radius 2 is 2.00 bits per heavy atom. The summed E-state index contributed by atoms with van der Waals surface area (Å²) in [6.45, 7) is 0. The van der Waals surface area contributed by atoms with Gasteiger partial charge in [0.15, 0.2) is 0 Å². The van der Waals surface area contributed by atoms with Gasteiger partial charge >= 0.3 is 5.97 Å². The lowest BCUT2D eigenvalue weighted by Gasteiger charge is -2.08. The van der Waals surface area contributed by atoms with Gasteiger partial charge in [-0.15, -0.1) is 0 Å². The maximum atomic E-state index is 11.7. The molecule has 0 amide bonds. The number of aromatic nitrogens is 1. The van der Waals surface area contributed by atoms with Gasteiger partial charge < -0.3 is 14.8 Å². The van der Waals surface area contributed by atoms with Crippen LogP contribution in [-0.4, -0.2) is 16.1 Å². The van der Waals surface area contributed by atoms with Crippen molar-refractivity contribution >= 4 is 40.1 Å². The summed E-state index contributed by atoms with van der Waals surface area (Å²) in [4.78, 5) is 25.7. The lowest BCUT2D eigenvalue weighted by molar-refractivity contribution is -0.0540. The number of carbonyl (C=O) groups excluding carboxylic acids is 1. The predicted octanol–water partition coefficient (Wildman–Crippen LogP) is 2.00. The first-order valence-corrected chi connectivity index (χ1v) is 5.69. The summed E-state index contributed by atoms with van der Waals surface area (Å²) in [5.74, 6) is -0.878. The molecule has 0 fully saturated rings. The van der Waals surface area contributed by atoms with Gasteiger partial charge in [-0.2, -0.15) is 0 Å². The molecule has 2 aromatic rings. The van der Waals surface area contributed by atoms with Crippen LogP contribution >= 0.6 is 23.2 Å². The molecule has 0 saturated carbocycles. The SMILES string of the molecule is O=C1OC(O)c2c1c(=O)[nH]c1ccc(Cl)c(Cl)c21. The van der Waals surface area contributed by atoms with E-state index in [-0.39, 0.29) is 21.2 Å². The smallest absolute Gasteiger partial charge is 0.346 e. The standard InChI is InChI=1S/C11H5Cl2NO4/c12-3-1-2-4-5(8(3)13)6-7(9(15)14-4)11(17)18-10(6)16/h1-2,10,16H,(H,14,15). The molecule has 3 rings (SSSR count). The van der Waals surface area contributed by atoms with E-state index >= 15 is 0 Å². The van der Waals surface area contributed by atoms with Crippen LogP contribution in [0, 0.1) is 0 Å². The normalized spacial score (nSPS) is 17.9. The second kappa shape index (κ2) is 3.71. The van der Waals surface area contributed by atoms with Crippen molar-refractivity contribution in [3.05, 3.63) is 43.7 Å². The number of aliphatic hydroxyl groups excluding tert-OH is 1. The first-order chi connectivity index (χ1) is 8.50. The van der Waals surface area contributed by atoms with E-state index in [1.807, 2.05) is 0 Å². The maximum absolute atomic E-state index is 11.7. The number of ether oxygens (including phenoxy) is 1. The number of rotatable bonds is 0. The number of pyridine rings is 1. The number of nitrogens with one attached hydrogen (secondary N) is 1. The molecule has 0 radical (unpaired) electrons. The summed E-state index contributed by atoms with van der Waals surface area (Å²) in [6, 6.07) is 3.05. The summed E-state index contributed by atoms with van der Waals surface area (Å²) < 4.78 is 4.61. The van der Waals surface area contributed by atoms with E-state index in [4.69, 9.17) is 23.2 Å². The van der Waals surface area contributed by atoms with Crippen molar-refractivity contribution in [1.82, 2.24) is 4.98 Å². The van der Waals surface area contributed by atoms with Crippen LogP contribution in [0.3, 0.4) is 0 Å². The molecule has 5 nitrogen and oxygen atoms in total. The Hall–Kier alpha value is -1.56. The molecule has 18 heavy (non-hydrogen) atoms. The maximum Gasteiger partial charge on any atom is 0.346 e. The van der Waals surface area contributed by atoms with Crippen molar-refractivity contribution in [2.45, 2.75) is 6.29 Å². The van der Waals surface area contributed by atoms with Gasteiger partial charge in [-0.25, -0.2) is 4.79 Å². The Kier molecular flexibility index (Phi) is 2.38. The van der Waals surface area contributed by atoms with Gasteiger partial charge in [0.25, 0.3) is 5.56 Å². The van der Waals surface area contributed by atoms with Crippen molar-refractivity contribution in [3.63, 3.8) is 0 Å². The third-order valence-corrected chi connectivity index (χ3v) is 3.58. The van der Waals surface area contributed by atoms with Crippen LogP contribution in [0.15, 0.2) is 16.9 Å². The van der Waals surface area contributed by atoms with E-state index in [9.17, 15) is 14.7 Å². The Labute approximate surface area is 110 Å². The Morgan fingerprint density at radius 3 is 2.72 bits per heavy atom. The second-order valence-corrected chi connectivity index (χ2v) is 4.57. The van der Waals surface area contributed by atoms with E-state index in [1.165, 1.54) is 6.07 Å². The Morgan fingerprint density at radius 1 is 1.28 bits per heavy atom. The molecule has 0 saturated heterocycles. The summed E-state index contributed by atoms with van der Waals surface area (Å²) in [6.07, 6.45) is -1.51. The van der Waals surface area contributed by atoms with Gasteiger partial charge in [-0.05, 0) is 12.1 Å². The van der Waals surface area contributed by atoms with Crippen LogP contribution in [0.2, 0.25) is 10.0 Å². The van der Waals surface area contributed by atoms with Gasteiger partial charge in [0.05, 0.1) is 21.1 Å². The molecular weight excluding hydrogens is 281 g/mol. The highest BCUT2D eigenvalue weighted by molar-refractivity contribution is 6.45. The number of benzene rings is 1. The third kappa shape index (κ3) is 1.38. The van der Waals surface area contributed by atoms with Gasteiger partial charge in [-0.3, -0.25) is 4.79 Å². The number of H-pyrrole nitrogens is 1. The second-order valence-electron chi connectivity index (χ2n) is 3.78. The molecule has 1 aliphatic heterocycles. The van der Waals surface area contributed by atoms with Crippen LogP contribution in [-0.2, 0) is 4.74 Å². The molecule has 7 heteroatoms. The summed E-state index contributed by atoms with van der Waals surface area (Å²) in [5, 5.41) is 10.4. The van der Waals surface area contributed by atoms with Crippen LogP contribution in [0.25, 0.3) is 10.9 Å². The van der Waals surface area contributed by atoms with Crippen molar-refractivity contribution in [3.8, 4) is 0 Å². The van der Waals surface area contributed by atoms with Gasteiger partial charge in [0, 0.05) is 5.39 Å². The Balaban J connectivity index is 2.58. The fourth-order valence-corrected chi connectivity index (χ4v) is 2.44. The lowest BCUT2D eigenvalue weighted by atomic mass is 10.0. The quantitative estimate of drug-likeness (QED) is 0.726. The highest BCUT2D eigenvalue weighted by Crippen LogP contribution is 2.38. The van der Waals surface area contributed by atoms with Crippen molar-refractivity contribution in [1.29, 1.82) is 0 Å². The first kappa shape index (κ1) is 11.5. The molecule has 1 atom stereocenters. The average molecular weight is 286 g/mol. The summed E-state index contributed by atoms with van der Waals surface area (Å²) in [7, 11) is 0. The summed E-state index contributed by atoms with van der Waals surface area (Å²) in [5.41, 5.74) is -0.423. The zero-order valence-corrected chi connectivity index (χ0v) is 10.2. The monoisotopic (exact) mass is 285 g/mol. The van der Waals surface area contributed by atoms with E-state index in [1.54, 1.807) is 6.07 Å². The van der Waals surface area contributed by atoms with Crippen LogP contribution < -0.4 is 5.56 Å². The number of aliphatic hydroxyl groups is 1. The van der Waals surface area contributed by atoms with E-state index in [2.05, 4.69) is 9.72 Å². The molecule has 1 aliphatic rings. The molecule has 1 unspecified atom stereocenters. The largest absolute Gasteiger partial charge is 0.428 e. The molecule has 1 aromatic heterocycles. The van der Waals surface area contributed by atoms with Gasteiger partial charge in [0.2, 0.25) is 6.29 Å². The number of esters is 1. The van der Waals surface area contributed by atoms with E-state index in [0.717, 1.165) is 0 Å². The molecule has 0 bridgehead atoms. The number of hydrogen-bond donors (Lipinski definition) is 2. The number of halogens is 2. The minimum Gasteiger partial charge on any atom is -0.428 e. The third-order valence-electron chi connectivity index (χ3n) is 2.78. The number of cyclic esters (lactones) is 1. The van der Waals surface area contributed by atoms with Gasteiger partial charge in [0.1, 0.15) is 5.56 Å². The topological polar surface area (TPSA) is 79.4 Å². The predicted molar refractivity (Wildman–Crippen MR) is 65.0 cm³/mol. The molecule has 0 spiro atoms. The minimum absolute atomic E-state index is 0.0613. The fraction of sp³-hybridized carbons (Fsp3) is 0.0909. The molecule has 92 valence electrons. The minimum atomic E-state index is -1.51. The van der Waals surface area contributed by atoms with Crippen molar-refractivity contribution < 1.29 is 14.6 Å². The lowest BCUT2D eigenvalue weighted by Crippen LogP contribution is -2.16. The fourth-order valence-electron chi connectivity index (χ4n) is 2.02. The summed E-state index contributed by atoms with van der Waals surface area (Å²) >= 11 is 11.9. The zero-order valence-electron chi connectivity index (χ0n) is 8.66. The molecule has 2 N–H and O–H groups in total.